The summed E-state index contributed by atoms with van der Waals surface area (Å²) in [6, 6.07) is 6.77. The second-order valence-corrected chi connectivity index (χ2v) is 9.06. The highest BCUT2D eigenvalue weighted by molar-refractivity contribution is 6.31. The Hall–Kier alpha value is -2.75. The molecule has 0 bridgehead atoms. The van der Waals surface area contributed by atoms with Gasteiger partial charge in [-0.05, 0) is 19.1 Å². The van der Waals surface area contributed by atoms with E-state index in [9.17, 15) is 4.39 Å². The molecule has 8 nitrogen and oxygen atoms in total. The first kappa shape index (κ1) is 23.0. The summed E-state index contributed by atoms with van der Waals surface area (Å²) in [5.74, 6) is 1.61. The van der Waals surface area contributed by atoms with Gasteiger partial charge in [0.25, 0.3) is 0 Å². The van der Waals surface area contributed by atoms with Crippen LogP contribution in [0.4, 0.5) is 22.0 Å². The molecule has 0 saturated carbocycles. The van der Waals surface area contributed by atoms with Gasteiger partial charge in [0.1, 0.15) is 11.6 Å². The van der Waals surface area contributed by atoms with E-state index in [1.54, 1.807) is 24.5 Å². The predicted molar refractivity (Wildman–Crippen MR) is 132 cm³/mol. The van der Waals surface area contributed by atoms with Gasteiger partial charge in [-0.2, -0.15) is 4.98 Å². The first-order valence-corrected chi connectivity index (χ1v) is 11.9. The number of nitrogens with zero attached hydrogens (tertiary/aromatic N) is 7. The van der Waals surface area contributed by atoms with Crippen molar-refractivity contribution in [2.75, 3.05) is 60.6 Å². The second kappa shape index (κ2) is 9.85. The van der Waals surface area contributed by atoms with Crippen LogP contribution in [0.25, 0.3) is 11.3 Å². The number of morpholine rings is 1. The van der Waals surface area contributed by atoms with Crippen LogP contribution in [0.1, 0.15) is 6.92 Å². The van der Waals surface area contributed by atoms with E-state index in [1.807, 2.05) is 6.07 Å². The summed E-state index contributed by atoms with van der Waals surface area (Å²) in [7, 11) is 0. The number of benzene rings is 1. The number of halogens is 3. The average molecular weight is 504 g/mol. The van der Waals surface area contributed by atoms with E-state index in [4.69, 9.17) is 37.9 Å². The van der Waals surface area contributed by atoms with E-state index in [2.05, 4.69) is 31.6 Å². The molecule has 0 aliphatic carbocycles. The minimum atomic E-state index is -0.477. The van der Waals surface area contributed by atoms with Crippen LogP contribution in [0.2, 0.25) is 10.2 Å². The highest BCUT2D eigenvalue weighted by Gasteiger charge is 2.28. The van der Waals surface area contributed by atoms with Crippen molar-refractivity contribution >= 4 is 40.8 Å². The minimum absolute atomic E-state index is 0.0823. The van der Waals surface area contributed by atoms with Crippen molar-refractivity contribution in [1.82, 2.24) is 19.9 Å². The molecule has 2 aliphatic heterocycles. The van der Waals surface area contributed by atoms with Crippen LogP contribution in [-0.2, 0) is 4.74 Å². The van der Waals surface area contributed by atoms with Gasteiger partial charge < -0.3 is 19.4 Å². The van der Waals surface area contributed by atoms with E-state index in [-0.39, 0.29) is 11.1 Å². The van der Waals surface area contributed by atoms with Crippen molar-refractivity contribution in [2.24, 2.45) is 0 Å². The van der Waals surface area contributed by atoms with Gasteiger partial charge in [-0.15, -0.1) is 0 Å². The number of hydrogen-bond acceptors (Lipinski definition) is 8. The zero-order valence-electron chi connectivity index (χ0n) is 18.7. The molecule has 0 unspecified atom stereocenters. The van der Waals surface area contributed by atoms with E-state index in [1.165, 1.54) is 6.07 Å². The fraction of sp³-hybridized carbons (Fsp3) is 0.391. The van der Waals surface area contributed by atoms with Gasteiger partial charge in [0.2, 0.25) is 5.95 Å². The van der Waals surface area contributed by atoms with E-state index in [0.717, 1.165) is 5.82 Å². The van der Waals surface area contributed by atoms with Crippen LogP contribution < -0.4 is 14.7 Å². The highest BCUT2D eigenvalue weighted by Crippen LogP contribution is 2.30. The first-order chi connectivity index (χ1) is 16.5. The Bertz CT molecular complexity index is 1180. The molecule has 2 saturated heterocycles. The van der Waals surface area contributed by atoms with Crippen molar-refractivity contribution < 1.29 is 9.13 Å². The molecule has 2 fully saturated rings. The largest absolute Gasteiger partial charge is 0.378 e. The minimum Gasteiger partial charge on any atom is -0.378 e. The van der Waals surface area contributed by atoms with Crippen molar-refractivity contribution in [3.05, 3.63) is 52.7 Å². The smallest absolute Gasteiger partial charge is 0.228 e. The number of rotatable bonds is 4. The molecule has 2 aliphatic rings. The number of anilines is 3. The molecule has 0 spiro atoms. The van der Waals surface area contributed by atoms with E-state index >= 15 is 0 Å². The zero-order valence-corrected chi connectivity index (χ0v) is 20.2. The van der Waals surface area contributed by atoms with Gasteiger partial charge in [0, 0.05) is 62.8 Å². The predicted octanol–water partition coefficient (Wildman–Crippen LogP) is 3.93. The lowest BCUT2D eigenvalue weighted by Crippen LogP contribution is -2.53. The molecular weight excluding hydrogens is 480 g/mol. The summed E-state index contributed by atoms with van der Waals surface area (Å²) >= 11 is 12.2. The number of hydrogen-bond donors (Lipinski definition) is 0. The maximum absolute atomic E-state index is 14.2. The Morgan fingerprint density at radius 2 is 1.76 bits per heavy atom. The molecule has 0 N–H and O–H groups in total. The lowest BCUT2D eigenvalue weighted by Gasteiger charge is -2.41. The van der Waals surface area contributed by atoms with Gasteiger partial charge in [0.15, 0.2) is 11.0 Å². The lowest BCUT2D eigenvalue weighted by molar-refractivity contribution is 0.122. The Kier molecular flexibility index (Phi) is 6.67. The zero-order chi connectivity index (χ0) is 23.7. The second-order valence-electron chi connectivity index (χ2n) is 8.30. The molecule has 1 atom stereocenters. The summed E-state index contributed by atoms with van der Waals surface area (Å²) in [4.78, 5) is 24.7. The van der Waals surface area contributed by atoms with Gasteiger partial charge in [-0.1, -0.05) is 29.3 Å². The van der Waals surface area contributed by atoms with Crippen molar-refractivity contribution in [3.8, 4) is 11.3 Å². The third-order valence-electron chi connectivity index (χ3n) is 6.07. The first-order valence-electron chi connectivity index (χ1n) is 11.1. The van der Waals surface area contributed by atoms with Gasteiger partial charge >= 0.3 is 0 Å². The molecule has 3 aromatic rings. The van der Waals surface area contributed by atoms with Gasteiger partial charge in [0.05, 0.1) is 23.9 Å². The number of piperazine rings is 1. The van der Waals surface area contributed by atoms with E-state index < -0.39 is 5.82 Å². The van der Waals surface area contributed by atoms with Crippen molar-refractivity contribution in [2.45, 2.75) is 13.0 Å². The molecule has 4 heterocycles. The fourth-order valence-electron chi connectivity index (χ4n) is 4.29. The molecule has 5 rings (SSSR count). The summed E-state index contributed by atoms with van der Waals surface area (Å²) in [5, 5.41) is 0.477. The molecule has 0 radical (unpaired) electrons. The molecule has 34 heavy (non-hydrogen) atoms. The van der Waals surface area contributed by atoms with Crippen LogP contribution in [0.15, 0.2) is 36.7 Å². The van der Waals surface area contributed by atoms with Crippen LogP contribution in [0.5, 0.6) is 0 Å². The standard InChI is InChI=1S/C23H24Cl2FN7O/c1-15-14-32(22-21(25)27-4-5-28-22)6-7-33(15)20-13-19(16-2-3-17(24)18(26)12-16)29-23(30-20)31-8-10-34-11-9-31/h2-5,12-13,15H,6-11,14H2,1H3/t15-/m0/s1. The Morgan fingerprint density at radius 1 is 0.971 bits per heavy atom. The Balaban J connectivity index is 1.47. The molecule has 1 aromatic carbocycles. The third-order valence-corrected chi connectivity index (χ3v) is 6.64. The van der Waals surface area contributed by atoms with Crippen LogP contribution >= 0.6 is 23.2 Å². The van der Waals surface area contributed by atoms with Gasteiger partial charge in [-0.25, -0.2) is 19.3 Å². The highest BCUT2D eigenvalue weighted by atomic mass is 35.5. The van der Waals surface area contributed by atoms with E-state index in [0.29, 0.717) is 74.1 Å². The van der Waals surface area contributed by atoms with Gasteiger partial charge in [-0.3, -0.25) is 0 Å². The summed E-state index contributed by atoms with van der Waals surface area (Å²) in [5.41, 5.74) is 1.30. The Morgan fingerprint density at radius 3 is 2.50 bits per heavy atom. The molecule has 11 heteroatoms. The van der Waals surface area contributed by atoms with Crippen LogP contribution in [-0.4, -0.2) is 71.9 Å². The number of ether oxygens (including phenoxy) is 1. The molecule has 0 amide bonds. The average Bonchev–Trinajstić information content (AvgIpc) is 2.86. The normalized spacial score (nSPS) is 18.9. The van der Waals surface area contributed by atoms with Crippen LogP contribution in [0.3, 0.4) is 0 Å². The summed E-state index contributed by atoms with van der Waals surface area (Å²) in [6.07, 6.45) is 3.23. The summed E-state index contributed by atoms with van der Waals surface area (Å²) in [6.45, 7) is 6.90. The molecular formula is C23H24Cl2FN7O. The Labute approximate surface area is 207 Å². The quantitative estimate of drug-likeness (QED) is 0.530. The molecule has 178 valence electrons. The number of aromatic nitrogens is 4. The van der Waals surface area contributed by atoms with Crippen molar-refractivity contribution in [3.63, 3.8) is 0 Å². The van der Waals surface area contributed by atoms with Crippen LogP contribution in [0, 0.1) is 5.82 Å². The third kappa shape index (κ3) is 4.73. The monoisotopic (exact) mass is 503 g/mol. The maximum atomic E-state index is 14.2. The maximum Gasteiger partial charge on any atom is 0.228 e. The fourth-order valence-corrected chi connectivity index (χ4v) is 4.64. The SMILES string of the molecule is C[C@H]1CN(c2nccnc2Cl)CCN1c1cc(-c2ccc(Cl)c(F)c2)nc(N2CCOCC2)n1. The lowest BCUT2D eigenvalue weighted by atomic mass is 10.1. The summed E-state index contributed by atoms with van der Waals surface area (Å²) < 4.78 is 19.7. The van der Waals surface area contributed by atoms with Crippen molar-refractivity contribution in [1.29, 1.82) is 0 Å². The molecule has 2 aromatic heterocycles. The topological polar surface area (TPSA) is 70.5 Å².